The van der Waals surface area contributed by atoms with Gasteiger partial charge in [-0.15, -0.1) is 0 Å². The van der Waals surface area contributed by atoms with Crippen molar-refractivity contribution in [3.8, 4) is 0 Å². The molecule has 0 saturated carbocycles. The van der Waals surface area contributed by atoms with Crippen LogP contribution in [0, 0.1) is 0 Å². The second kappa shape index (κ2) is 8.82. The first-order valence-electron chi connectivity index (χ1n) is 7.10. The molecule has 1 atom stereocenters. The van der Waals surface area contributed by atoms with Gasteiger partial charge in [0.2, 0.25) is 0 Å². The van der Waals surface area contributed by atoms with E-state index in [0.717, 1.165) is 31.1 Å². The van der Waals surface area contributed by atoms with Gasteiger partial charge >= 0.3 is 0 Å². The van der Waals surface area contributed by atoms with Crippen molar-refractivity contribution >= 4 is 17.6 Å². The van der Waals surface area contributed by atoms with Crippen LogP contribution in [0.2, 0.25) is 5.02 Å². The van der Waals surface area contributed by atoms with E-state index in [2.05, 4.69) is 35.9 Å². The van der Waals surface area contributed by atoms with E-state index < -0.39 is 0 Å². The summed E-state index contributed by atoms with van der Waals surface area (Å²) >= 11 is 5.94. The summed E-state index contributed by atoms with van der Waals surface area (Å²) in [6.07, 6.45) is 1.03. The number of guanidine groups is 1. The van der Waals surface area contributed by atoms with Crippen LogP contribution in [0.25, 0.3) is 0 Å². The lowest BCUT2D eigenvalue weighted by molar-refractivity contribution is 0.291. The van der Waals surface area contributed by atoms with Gasteiger partial charge in [0.25, 0.3) is 0 Å². The highest BCUT2D eigenvalue weighted by molar-refractivity contribution is 6.30. The molecular formula is C15H25ClN4. The molecule has 0 heterocycles. The summed E-state index contributed by atoms with van der Waals surface area (Å²) in [7, 11) is 0. The topological polar surface area (TPSA) is 67.6 Å². The van der Waals surface area contributed by atoms with E-state index in [1.54, 1.807) is 0 Å². The Hall–Kier alpha value is -1.26. The predicted molar refractivity (Wildman–Crippen MR) is 87.3 cm³/mol. The molecule has 5 heteroatoms. The third-order valence-electron chi connectivity index (χ3n) is 3.52. The molecule has 0 aromatic heterocycles. The van der Waals surface area contributed by atoms with Gasteiger partial charge in [-0.3, -0.25) is 4.99 Å². The zero-order valence-electron chi connectivity index (χ0n) is 12.3. The Labute approximate surface area is 126 Å². The van der Waals surface area contributed by atoms with E-state index in [4.69, 9.17) is 23.1 Å². The minimum Gasteiger partial charge on any atom is -0.370 e. The number of hydrogen-bond acceptors (Lipinski definition) is 2. The molecule has 0 aliphatic rings. The number of halogens is 1. The fourth-order valence-electron chi connectivity index (χ4n) is 2.19. The van der Waals surface area contributed by atoms with Crippen molar-refractivity contribution in [1.82, 2.24) is 4.90 Å². The van der Waals surface area contributed by atoms with Crippen LogP contribution < -0.4 is 11.5 Å². The Balaban J connectivity index is 2.74. The van der Waals surface area contributed by atoms with Crippen LogP contribution in [0.3, 0.4) is 0 Å². The normalized spacial score (nSPS) is 12.4. The van der Waals surface area contributed by atoms with Crippen molar-refractivity contribution in [3.63, 3.8) is 0 Å². The summed E-state index contributed by atoms with van der Waals surface area (Å²) in [5.74, 6) is 0.460. The molecule has 0 fully saturated rings. The molecule has 0 amide bonds. The van der Waals surface area contributed by atoms with Gasteiger partial charge in [0.15, 0.2) is 5.96 Å². The lowest BCUT2D eigenvalue weighted by atomic mass is 9.95. The van der Waals surface area contributed by atoms with Crippen LogP contribution in [0.5, 0.6) is 0 Å². The molecule has 0 radical (unpaired) electrons. The lowest BCUT2D eigenvalue weighted by Crippen LogP contribution is -2.27. The van der Waals surface area contributed by atoms with E-state index in [1.807, 2.05) is 12.1 Å². The summed E-state index contributed by atoms with van der Waals surface area (Å²) in [6.45, 7) is 8.14. The Bertz CT molecular complexity index is 408. The number of hydrogen-bond donors (Lipinski definition) is 2. The number of aliphatic imine (C=N–C) groups is 1. The van der Waals surface area contributed by atoms with Gasteiger partial charge in [-0.05, 0) is 43.8 Å². The quantitative estimate of drug-likeness (QED) is 0.572. The number of benzene rings is 1. The molecule has 0 saturated heterocycles. The first-order valence-corrected chi connectivity index (χ1v) is 7.47. The van der Waals surface area contributed by atoms with Gasteiger partial charge < -0.3 is 16.4 Å². The summed E-state index contributed by atoms with van der Waals surface area (Å²) in [6, 6.07) is 7.93. The van der Waals surface area contributed by atoms with Crippen molar-refractivity contribution in [2.45, 2.75) is 26.2 Å². The Morgan fingerprint density at radius 2 is 1.80 bits per heavy atom. The van der Waals surface area contributed by atoms with E-state index in [1.165, 1.54) is 5.56 Å². The third-order valence-corrected chi connectivity index (χ3v) is 3.78. The van der Waals surface area contributed by atoms with Crippen LogP contribution in [0.4, 0.5) is 0 Å². The van der Waals surface area contributed by atoms with Crippen LogP contribution >= 0.6 is 11.6 Å². The van der Waals surface area contributed by atoms with Gasteiger partial charge in [-0.1, -0.05) is 37.6 Å². The smallest absolute Gasteiger partial charge is 0.185 e. The third kappa shape index (κ3) is 5.80. The van der Waals surface area contributed by atoms with Gasteiger partial charge in [0.05, 0.1) is 0 Å². The predicted octanol–water partition coefficient (Wildman–Crippen LogP) is 2.43. The molecule has 0 unspecified atom stereocenters. The zero-order valence-corrected chi connectivity index (χ0v) is 13.1. The minimum absolute atomic E-state index is 0.145. The Morgan fingerprint density at radius 3 is 2.30 bits per heavy atom. The molecule has 0 aliphatic carbocycles. The van der Waals surface area contributed by atoms with Crippen molar-refractivity contribution in [2.75, 3.05) is 26.2 Å². The van der Waals surface area contributed by atoms with Gasteiger partial charge in [0.1, 0.15) is 0 Å². The van der Waals surface area contributed by atoms with Crippen molar-refractivity contribution in [1.29, 1.82) is 0 Å². The van der Waals surface area contributed by atoms with Crippen molar-refractivity contribution in [2.24, 2.45) is 16.5 Å². The van der Waals surface area contributed by atoms with E-state index in [-0.39, 0.29) is 5.96 Å². The maximum atomic E-state index is 5.94. The number of nitrogens with zero attached hydrogens (tertiary/aromatic N) is 2. The number of nitrogens with two attached hydrogens (primary N) is 2. The lowest BCUT2D eigenvalue weighted by Gasteiger charge is -2.22. The standard InChI is InChI=1S/C15H25ClN4/c1-3-20(4-2)10-9-13(11-19-15(17)18)12-5-7-14(16)8-6-12/h5-8,13H,3-4,9-11H2,1-2H3,(H4,17,18,19)/t13-/m0/s1. The van der Waals surface area contributed by atoms with Crippen molar-refractivity contribution in [3.05, 3.63) is 34.9 Å². The largest absolute Gasteiger partial charge is 0.370 e. The second-order valence-electron chi connectivity index (χ2n) is 4.83. The van der Waals surface area contributed by atoms with Crippen LogP contribution in [0.1, 0.15) is 31.7 Å². The highest BCUT2D eigenvalue weighted by Gasteiger charge is 2.13. The molecule has 0 spiro atoms. The minimum atomic E-state index is 0.145. The SMILES string of the molecule is CCN(CC)CC[C@@H](CN=C(N)N)c1ccc(Cl)cc1. The summed E-state index contributed by atoms with van der Waals surface area (Å²) < 4.78 is 0. The van der Waals surface area contributed by atoms with Gasteiger partial charge in [-0.25, -0.2) is 0 Å². The molecule has 1 aromatic carbocycles. The van der Waals surface area contributed by atoms with E-state index in [9.17, 15) is 0 Å². The molecular weight excluding hydrogens is 272 g/mol. The van der Waals surface area contributed by atoms with Crippen molar-refractivity contribution < 1.29 is 0 Å². The van der Waals surface area contributed by atoms with E-state index in [0.29, 0.717) is 12.5 Å². The second-order valence-corrected chi connectivity index (χ2v) is 5.27. The maximum absolute atomic E-state index is 5.94. The Morgan fingerprint density at radius 1 is 1.20 bits per heavy atom. The zero-order chi connectivity index (χ0) is 15.0. The monoisotopic (exact) mass is 296 g/mol. The molecule has 0 aliphatic heterocycles. The summed E-state index contributed by atoms with van der Waals surface area (Å²) in [4.78, 5) is 6.58. The molecule has 112 valence electrons. The highest BCUT2D eigenvalue weighted by Crippen LogP contribution is 2.22. The first-order chi connectivity index (χ1) is 9.56. The molecule has 1 rings (SSSR count). The fourth-order valence-corrected chi connectivity index (χ4v) is 2.32. The maximum Gasteiger partial charge on any atom is 0.185 e. The molecule has 4 nitrogen and oxygen atoms in total. The van der Waals surface area contributed by atoms with Gasteiger partial charge in [-0.2, -0.15) is 0 Å². The summed E-state index contributed by atoms with van der Waals surface area (Å²) in [5.41, 5.74) is 12.1. The Kier molecular flexibility index (Phi) is 7.41. The van der Waals surface area contributed by atoms with Crippen LogP contribution in [-0.2, 0) is 0 Å². The fraction of sp³-hybridized carbons (Fsp3) is 0.533. The van der Waals surface area contributed by atoms with E-state index >= 15 is 0 Å². The van der Waals surface area contributed by atoms with Crippen LogP contribution in [-0.4, -0.2) is 37.0 Å². The molecule has 1 aromatic rings. The molecule has 0 bridgehead atoms. The molecule has 4 N–H and O–H groups in total. The average Bonchev–Trinajstić information content (AvgIpc) is 2.44. The first kappa shape index (κ1) is 16.8. The van der Waals surface area contributed by atoms with Crippen LogP contribution in [0.15, 0.2) is 29.3 Å². The molecule has 20 heavy (non-hydrogen) atoms. The number of rotatable bonds is 8. The average molecular weight is 297 g/mol. The van der Waals surface area contributed by atoms with Gasteiger partial charge in [0, 0.05) is 17.5 Å². The summed E-state index contributed by atoms with van der Waals surface area (Å²) in [5, 5.41) is 0.748. The highest BCUT2D eigenvalue weighted by atomic mass is 35.5.